The molecule has 4 nitrogen and oxygen atoms in total. The van der Waals surface area contributed by atoms with Gasteiger partial charge >= 0.3 is 0 Å². The van der Waals surface area contributed by atoms with E-state index < -0.39 is 0 Å². The minimum absolute atomic E-state index is 0.651. The quantitative estimate of drug-likeness (QED) is 0.675. The summed E-state index contributed by atoms with van der Waals surface area (Å²) in [5, 5.41) is 4.10. The zero-order chi connectivity index (χ0) is 13.8. The topological polar surface area (TPSA) is 35.1 Å². The lowest BCUT2D eigenvalue weighted by atomic mass is 10.0. The highest BCUT2D eigenvalue weighted by Crippen LogP contribution is 2.31. The van der Waals surface area contributed by atoms with Gasteiger partial charge in [0.15, 0.2) is 5.69 Å². The van der Waals surface area contributed by atoms with Crippen LogP contribution in [0.1, 0.15) is 5.56 Å². The first-order valence-corrected chi connectivity index (χ1v) is 6.25. The number of aromatic nitrogens is 3. The Morgan fingerprint density at radius 1 is 1.10 bits per heavy atom. The summed E-state index contributed by atoms with van der Waals surface area (Å²) < 4.78 is 1.77. The molecule has 1 aromatic heterocycles. The van der Waals surface area contributed by atoms with Crippen LogP contribution in [0.25, 0.3) is 16.0 Å². The van der Waals surface area contributed by atoms with Crippen LogP contribution in [0, 0.1) is 6.57 Å². The zero-order valence-electron chi connectivity index (χ0n) is 10.8. The molecule has 4 heteroatoms. The lowest BCUT2D eigenvalue weighted by Gasteiger charge is -2.08. The lowest BCUT2D eigenvalue weighted by molar-refractivity contribution is 0.685. The van der Waals surface area contributed by atoms with Gasteiger partial charge in [-0.2, -0.15) is 5.10 Å². The molecule has 0 N–H and O–H groups in total. The van der Waals surface area contributed by atoms with E-state index in [-0.39, 0.29) is 0 Å². The minimum Gasteiger partial charge on any atom is -0.249 e. The summed E-state index contributed by atoms with van der Waals surface area (Å²) in [6.45, 7) is 7.95. The molecule has 3 aromatic rings. The molecular weight excluding hydrogens is 248 g/mol. The van der Waals surface area contributed by atoms with Crippen LogP contribution in [-0.4, -0.2) is 14.8 Å². The van der Waals surface area contributed by atoms with Crippen molar-refractivity contribution in [3.05, 3.63) is 78.2 Å². The first-order valence-electron chi connectivity index (χ1n) is 6.25. The van der Waals surface area contributed by atoms with Crippen molar-refractivity contribution in [3.8, 4) is 11.1 Å². The van der Waals surface area contributed by atoms with Gasteiger partial charge in [0.25, 0.3) is 0 Å². The van der Waals surface area contributed by atoms with E-state index in [9.17, 15) is 0 Å². The number of hydrogen-bond donors (Lipinski definition) is 0. The van der Waals surface area contributed by atoms with E-state index in [1.54, 1.807) is 11.0 Å². The molecule has 0 spiro atoms. The highest BCUT2D eigenvalue weighted by Gasteiger charge is 2.06. The van der Waals surface area contributed by atoms with E-state index in [4.69, 9.17) is 6.57 Å². The molecule has 0 amide bonds. The van der Waals surface area contributed by atoms with Gasteiger partial charge < -0.3 is 0 Å². The summed E-state index contributed by atoms with van der Waals surface area (Å²) in [5.74, 6) is 0. The van der Waals surface area contributed by atoms with Crippen LogP contribution in [0.5, 0.6) is 0 Å². The molecule has 0 aliphatic heterocycles. The number of rotatable bonds is 3. The van der Waals surface area contributed by atoms with Crippen molar-refractivity contribution in [3.63, 3.8) is 0 Å². The molecule has 0 fully saturated rings. The summed E-state index contributed by atoms with van der Waals surface area (Å²) in [5.41, 5.74) is 3.78. The molecule has 2 aromatic carbocycles. The van der Waals surface area contributed by atoms with Gasteiger partial charge in [0.2, 0.25) is 0 Å². The monoisotopic (exact) mass is 260 g/mol. The van der Waals surface area contributed by atoms with Gasteiger partial charge in [0.05, 0.1) is 13.1 Å². The van der Waals surface area contributed by atoms with Crippen LogP contribution in [0.4, 0.5) is 5.69 Å². The molecule has 0 aliphatic carbocycles. The fourth-order valence-corrected chi connectivity index (χ4v) is 2.13. The van der Waals surface area contributed by atoms with Gasteiger partial charge in [-0.1, -0.05) is 48.5 Å². The molecule has 0 radical (unpaired) electrons. The van der Waals surface area contributed by atoms with E-state index >= 15 is 0 Å². The number of nitrogens with zero attached hydrogens (tertiary/aromatic N) is 4. The van der Waals surface area contributed by atoms with Gasteiger partial charge in [-0.25, -0.2) is 14.5 Å². The molecule has 0 saturated carbocycles. The summed E-state index contributed by atoms with van der Waals surface area (Å²) in [6, 6.07) is 15.8. The van der Waals surface area contributed by atoms with Crippen molar-refractivity contribution in [2.75, 3.05) is 0 Å². The normalized spacial score (nSPS) is 10.2. The maximum absolute atomic E-state index is 7.30. The summed E-state index contributed by atoms with van der Waals surface area (Å²) in [4.78, 5) is 7.54. The molecule has 0 saturated heterocycles. The predicted molar refractivity (Wildman–Crippen MR) is 77.3 cm³/mol. The Hall–Kier alpha value is -2.93. The van der Waals surface area contributed by atoms with E-state index in [2.05, 4.69) is 14.9 Å². The second-order valence-electron chi connectivity index (χ2n) is 4.42. The molecule has 3 rings (SSSR count). The fraction of sp³-hybridized carbons (Fsp3) is 0.0625. The second kappa shape index (κ2) is 5.37. The maximum Gasteiger partial charge on any atom is 0.194 e. The van der Waals surface area contributed by atoms with Crippen LogP contribution in [0.15, 0.2) is 61.2 Å². The molecular formula is C16H12N4. The van der Waals surface area contributed by atoms with Gasteiger partial charge in [0.1, 0.15) is 12.7 Å². The van der Waals surface area contributed by atoms with E-state index in [1.165, 1.54) is 6.33 Å². The molecule has 1 heterocycles. The smallest absolute Gasteiger partial charge is 0.194 e. The Labute approximate surface area is 117 Å². The van der Waals surface area contributed by atoms with E-state index in [0.29, 0.717) is 12.2 Å². The Morgan fingerprint density at radius 3 is 2.65 bits per heavy atom. The number of benzene rings is 2. The molecule has 0 aliphatic rings. The van der Waals surface area contributed by atoms with Crippen LogP contribution < -0.4 is 0 Å². The minimum atomic E-state index is 0.651. The molecule has 0 atom stereocenters. The summed E-state index contributed by atoms with van der Waals surface area (Å²) in [7, 11) is 0. The van der Waals surface area contributed by atoms with Crippen molar-refractivity contribution in [1.82, 2.24) is 14.8 Å². The summed E-state index contributed by atoms with van der Waals surface area (Å²) in [6.07, 6.45) is 3.20. The van der Waals surface area contributed by atoms with Gasteiger partial charge in [-0.3, -0.25) is 0 Å². The van der Waals surface area contributed by atoms with Crippen molar-refractivity contribution < 1.29 is 0 Å². The third kappa shape index (κ3) is 2.43. The Kier molecular flexibility index (Phi) is 3.25. The van der Waals surface area contributed by atoms with Crippen LogP contribution >= 0.6 is 0 Å². The van der Waals surface area contributed by atoms with Crippen LogP contribution in [-0.2, 0) is 6.54 Å². The average Bonchev–Trinajstić information content (AvgIpc) is 3.01. The maximum atomic E-state index is 7.30. The fourth-order valence-electron chi connectivity index (χ4n) is 2.13. The van der Waals surface area contributed by atoms with Crippen molar-refractivity contribution in [2.45, 2.75) is 6.54 Å². The highest BCUT2D eigenvalue weighted by molar-refractivity contribution is 5.79. The third-order valence-corrected chi connectivity index (χ3v) is 3.08. The first kappa shape index (κ1) is 12.1. The van der Waals surface area contributed by atoms with E-state index in [0.717, 1.165) is 16.7 Å². The second-order valence-corrected chi connectivity index (χ2v) is 4.42. The van der Waals surface area contributed by atoms with Crippen molar-refractivity contribution in [1.29, 1.82) is 0 Å². The first-order chi connectivity index (χ1) is 9.86. The van der Waals surface area contributed by atoms with Gasteiger partial charge in [0, 0.05) is 0 Å². The zero-order valence-corrected chi connectivity index (χ0v) is 10.8. The molecule has 0 unspecified atom stereocenters. The van der Waals surface area contributed by atoms with Crippen molar-refractivity contribution in [2.24, 2.45) is 0 Å². The third-order valence-electron chi connectivity index (χ3n) is 3.08. The van der Waals surface area contributed by atoms with Gasteiger partial charge in [-0.15, -0.1) is 0 Å². The Morgan fingerprint density at radius 2 is 1.95 bits per heavy atom. The SMILES string of the molecule is [C-]#[N+]c1ccc(Cn2cncn2)cc1-c1ccccc1. The standard InChI is InChI=1S/C16H12N4/c1-17-16-8-7-13(10-20-12-18-11-19-20)9-15(16)14-5-3-2-4-6-14/h2-9,11-12H,10H2. The van der Waals surface area contributed by atoms with E-state index in [1.807, 2.05) is 48.5 Å². The Balaban J connectivity index is 2.02. The molecule has 0 bridgehead atoms. The highest BCUT2D eigenvalue weighted by atomic mass is 15.3. The Bertz CT molecular complexity index is 740. The molecule has 96 valence electrons. The van der Waals surface area contributed by atoms with Gasteiger partial charge in [-0.05, 0) is 16.7 Å². The van der Waals surface area contributed by atoms with Crippen LogP contribution in [0.3, 0.4) is 0 Å². The number of hydrogen-bond acceptors (Lipinski definition) is 2. The van der Waals surface area contributed by atoms with Crippen LogP contribution in [0.2, 0.25) is 0 Å². The molecule has 20 heavy (non-hydrogen) atoms. The average molecular weight is 260 g/mol. The predicted octanol–water partition coefficient (Wildman–Crippen LogP) is 3.54. The lowest BCUT2D eigenvalue weighted by Crippen LogP contribution is -1.99. The largest absolute Gasteiger partial charge is 0.249 e. The summed E-state index contributed by atoms with van der Waals surface area (Å²) >= 11 is 0. The van der Waals surface area contributed by atoms with Crippen molar-refractivity contribution >= 4 is 5.69 Å².